The van der Waals surface area contributed by atoms with Crippen molar-refractivity contribution in [2.75, 3.05) is 21.3 Å². The first-order chi connectivity index (χ1) is 21.5. The minimum atomic E-state index is -4.45. The van der Waals surface area contributed by atoms with Crippen LogP contribution in [0, 0.1) is 0 Å². The highest BCUT2D eigenvalue weighted by molar-refractivity contribution is 6.09. The van der Waals surface area contributed by atoms with Crippen LogP contribution in [0.1, 0.15) is 47.2 Å². The summed E-state index contributed by atoms with van der Waals surface area (Å²) in [5, 5.41) is 1.69. The fourth-order valence-corrected chi connectivity index (χ4v) is 6.92. The van der Waals surface area contributed by atoms with Crippen molar-refractivity contribution in [3.05, 3.63) is 124 Å². The fraction of sp³-hybridized carbons (Fsp3) is 0.211. The molecule has 1 aliphatic heterocycles. The smallest absolute Gasteiger partial charge is 0.416 e. The van der Waals surface area contributed by atoms with Crippen LogP contribution in [0.4, 0.5) is 13.2 Å². The molecule has 45 heavy (non-hydrogen) atoms. The van der Waals surface area contributed by atoms with Gasteiger partial charge in [0.1, 0.15) is 23.0 Å². The molecule has 1 aliphatic carbocycles. The molecule has 7 heteroatoms. The number of hydrogen-bond donors (Lipinski definition) is 0. The van der Waals surface area contributed by atoms with Gasteiger partial charge in [0.25, 0.3) is 0 Å². The summed E-state index contributed by atoms with van der Waals surface area (Å²) >= 11 is 0. The molecule has 0 fully saturated rings. The Labute approximate surface area is 259 Å². The highest BCUT2D eigenvalue weighted by Gasteiger charge is 2.45. The predicted molar refractivity (Wildman–Crippen MR) is 169 cm³/mol. The number of alkyl halides is 3. The lowest BCUT2D eigenvalue weighted by Crippen LogP contribution is -2.35. The molecule has 228 valence electrons. The molecule has 0 atom stereocenters. The van der Waals surface area contributed by atoms with Gasteiger partial charge in [-0.1, -0.05) is 50.3 Å². The quantitative estimate of drug-likeness (QED) is 0.199. The minimum absolute atomic E-state index is 0.633. The first-order valence-electron chi connectivity index (χ1n) is 14.6. The van der Waals surface area contributed by atoms with Gasteiger partial charge in [0.2, 0.25) is 0 Å². The van der Waals surface area contributed by atoms with Gasteiger partial charge in [-0.05, 0) is 88.3 Å². The number of halogens is 3. The van der Waals surface area contributed by atoms with Crippen LogP contribution >= 0.6 is 0 Å². The van der Waals surface area contributed by atoms with E-state index in [-0.39, 0.29) is 0 Å². The fourth-order valence-electron chi connectivity index (χ4n) is 6.92. The largest absolute Gasteiger partial charge is 0.497 e. The van der Waals surface area contributed by atoms with E-state index in [1.807, 2.05) is 86.7 Å². The third-order valence-corrected chi connectivity index (χ3v) is 9.20. The van der Waals surface area contributed by atoms with Crippen molar-refractivity contribution in [2.24, 2.45) is 0 Å². The Morgan fingerprint density at radius 1 is 0.667 bits per heavy atom. The van der Waals surface area contributed by atoms with Crippen molar-refractivity contribution >= 4 is 16.8 Å². The molecule has 7 rings (SSSR count). The maximum absolute atomic E-state index is 13.9. The van der Waals surface area contributed by atoms with Gasteiger partial charge in [-0.25, -0.2) is 0 Å². The molecule has 0 saturated heterocycles. The van der Waals surface area contributed by atoms with Crippen molar-refractivity contribution in [1.29, 1.82) is 0 Å². The van der Waals surface area contributed by atoms with Crippen LogP contribution in [0.3, 0.4) is 0 Å². The number of fused-ring (bicyclic) bond motifs is 8. The number of ether oxygens (including phenoxy) is 4. The van der Waals surface area contributed by atoms with E-state index >= 15 is 0 Å². The van der Waals surface area contributed by atoms with Crippen LogP contribution in [-0.2, 0) is 17.2 Å². The second-order valence-electron chi connectivity index (χ2n) is 11.9. The molecule has 0 radical (unpaired) electrons. The van der Waals surface area contributed by atoms with E-state index in [9.17, 15) is 13.2 Å². The Bertz CT molecular complexity index is 1940. The molecule has 0 bridgehead atoms. The van der Waals surface area contributed by atoms with E-state index in [4.69, 9.17) is 18.9 Å². The molecule has 0 aromatic heterocycles. The monoisotopic (exact) mass is 608 g/mol. The summed E-state index contributed by atoms with van der Waals surface area (Å²) in [5.74, 6) is 2.71. The van der Waals surface area contributed by atoms with Gasteiger partial charge in [-0.3, -0.25) is 0 Å². The van der Waals surface area contributed by atoms with Crippen LogP contribution < -0.4 is 18.9 Å². The van der Waals surface area contributed by atoms with E-state index in [0.29, 0.717) is 17.1 Å². The van der Waals surface area contributed by atoms with E-state index in [1.165, 1.54) is 12.1 Å². The van der Waals surface area contributed by atoms with Crippen molar-refractivity contribution in [2.45, 2.75) is 31.0 Å². The highest BCUT2D eigenvalue weighted by Crippen LogP contribution is 2.59. The SMILES string of the molecule is COc1ccc(C2(c3ccc(OC)cc3)C=Cc3c4c(c5ccc(OC)cc5c3O2)-c2ccc(C(F)(F)F)cc2C4(C)C)cc1. The van der Waals surface area contributed by atoms with Gasteiger partial charge in [0.05, 0.1) is 26.9 Å². The topological polar surface area (TPSA) is 36.9 Å². The molecular weight excluding hydrogens is 577 g/mol. The standard InChI is InChI=1S/C38H31F3O4/c1-36(2)32-20-24(38(39,40)41)10-16-29(32)33-28-17-15-27(44-5)21-31(28)35-30(34(33)36)18-19-37(45-35,22-6-11-25(42-3)12-7-22)23-8-13-26(43-4)14-9-23/h6-21H,1-5H3. The van der Waals surface area contributed by atoms with Gasteiger partial charge < -0.3 is 18.9 Å². The number of benzene rings is 5. The number of rotatable bonds is 5. The van der Waals surface area contributed by atoms with E-state index < -0.39 is 22.8 Å². The molecule has 2 aliphatic rings. The second kappa shape index (κ2) is 10.1. The van der Waals surface area contributed by atoms with Gasteiger partial charge in [-0.15, -0.1) is 0 Å². The molecule has 5 aromatic carbocycles. The lowest BCUT2D eigenvalue weighted by atomic mass is 9.76. The molecule has 5 aromatic rings. The second-order valence-corrected chi connectivity index (χ2v) is 11.9. The predicted octanol–water partition coefficient (Wildman–Crippen LogP) is 9.54. The van der Waals surface area contributed by atoms with Crippen LogP contribution in [0.15, 0.2) is 91.0 Å². The third kappa shape index (κ3) is 4.28. The summed E-state index contributed by atoms with van der Waals surface area (Å²) in [5.41, 5.74) is 3.42. The summed E-state index contributed by atoms with van der Waals surface area (Å²) in [6.07, 6.45) is -0.358. The van der Waals surface area contributed by atoms with Gasteiger partial charge >= 0.3 is 6.18 Å². The Morgan fingerprint density at radius 3 is 1.80 bits per heavy atom. The summed E-state index contributed by atoms with van der Waals surface area (Å²) in [4.78, 5) is 0. The van der Waals surface area contributed by atoms with E-state index in [1.54, 1.807) is 27.4 Å². The molecule has 0 N–H and O–H groups in total. The Kier molecular flexibility index (Phi) is 6.45. The molecular formula is C38H31F3O4. The summed E-state index contributed by atoms with van der Waals surface area (Å²) < 4.78 is 65.4. The number of hydrogen-bond acceptors (Lipinski definition) is 4. The van der Waals surface area contributed by atoms with E-state index in [2.05, 4.69) is 6.08 Å². The van der Waals surface area contributed by atoms with Crippen LogP contribution in [0.5, 0.6) is 23.0 Å². The molecule has 0 saturated carbocycles. The van der Waals surface area contributed by atoms with Crippen LogP contribution in [0.25, 0.3) is 28.0 Å². The molecule has 0 spiro atoms. The zero-order valence-corrected chi connectivity index (χ0v) is 25.5. The third-order valence-electron chi connectivity index (χ3n) is 9.20. The summed E-state index contributed by atoms with van der Waals surface area (Å²) in [6, 6.07) is 25.4. The van der Waals surface area contributed by atoms with Crippen LogP contribution in [0.2, 0.25) is 0 Å². The zero-order chi connectivity index (χ0) is 31.7. The summed E-state index contributed by atoms with van der Waals surface area (Å²) in [7, 11) is 4.86. The van der Waals surface area contributed by atoms with Crippen LogP contribution in [-0.4, -0.2) is 21.3 Å². The van der Waals surface area contributed by atoms with Gasteiger partial charge in [0.15, 0.2) is 5.60 Å². The van der Waals surface area contributed by atoms with Crippen molar-refractivity contribution in [3.63, 3.8) is 0 Å². The lowest BCUT2D eigenvalue weighted by Gasteiger charge is -2.38. The minimum Gasteiger partial charge on any atom is -0.497 e. The molecule has 0 unspecified atom stereocenters. The first kappa shape index (κ1) is 28.8. The van der Waals surface area contributed by atoms with Crippen molar-refractivity contribution in [3.8, 4) is 34.1 Å². The average molecular weight is 609 g/mol. The number of methoxy groups -OCH3 is 3. The maximum atomic E-state index is 13.9. The first-order valence-corrected chi connectivity index (χ1v) is 14.6. The Balaban J connectivity index is 1.53. The van der Waals surface area contributed by atoms with Crippen molar-refractivity contribution < 1.29 is 32.1 Å². The molecule has 0 amide bonds. The van der Waals surface area contributed by atoms with Gasteiger partial charge in [0, 0.05) is 27.5 Å². The maximum Gasteiger partial charge on any atom is 0.416 e. The van der Waals surface area contributed by atoms with Gasteiger partial charge in [-0.2, -0.15) is 13.2 Å². The highest BCUT2D eigenvalue weighted by atomic mass is 19.4. The molecule has 4 nitrogen and oxygen atoms in total. The molecule has 1 heterocycles. The van der Waals surface area contributed by atoms with E-state index in [0.717, 1.165) is 55.7 Å². The summed E-state index contributed by atoms with van der Waals surface area (Å²) in [6.45, 7) is 3.96. The normalized spacial score (nSPS) is 15.6. The zero-order valence-electron chi connectivity index (χ0n) is 25.5. The Hall–Kier alpha value is -4.91. The average Bonchev–Trinajstić information content (AvgIpc) is 3.30. The lowest BCUT2D eigenvalue weighted by molar-refractivity contribution is -0.137. The van der Waals surface area contributed by atoms with Crippen molar-refractivity contribution in [1.82, 2.24) is 0 Å². The Morgan fingerprint density at radius 2 is 1.24 bits per heavy atom.